The Morgan fingerprint density at radius 1 is 1.29 bits per heavy atom. The fraction of sp³-hybridized carbons (Fsp3) is 0.667. The first-order chi connectivity index (χ1) is 11.3. The van der Waals surface area contributed by atoms with Crippen LogP contribution < -0.4 is 9.46 Å². The summed E-state index contributed by atoms with van der Waals surface area (Å²) in [7, 11) is -1.18. The van der Waals surface area contributed by atoms with Gasteiger partial charge in [-0.2, -0.15) is 0 Å². The van der Waals surface area contributed by atoms with Gasteiger partial charge in [0.25, 0.3) is 0 Å². The van der Waals surface area contributed by atoms with E-state index in [2.05, 4.69) is 35.6 Å². The fourth-order valence-electron chi connectivity index (χ4n) is 3.05. The summed E-state index contributed by atoms with van der Waals surface area (Å²) >= 11 is 0. The zero-order valence-electron chi connectivity index (χ0n) is 15.2. The summed E-state index contributed by atoms with van der Waals surface area (Å²) in [6, 6.07) is 8.10. The highest BCUT2D eigenvalue weighted by atomic mass is 32.2. The van der Waals surface area contributed by atoms with Crippen LogP contribution in [-0.4, -0.2) is 51.4 Å². The van der Waals surface area contributed by atoms with Gasteiger partial charge < -0.3 is 4.74 Å². The second kappa shape index (κ2) is 8.32. The average Bonchev–Trinajstić information content (AvgIpc) is 2.54. The van der Waals surface area contributed by atoms with Gasteiger partial charge in [0.1, 0.15) is 12.4 Å². The molecule has 0 aliphatic carbocycles. The van der Waals surface area contributed by atoms with Crippen molar-refractivity contribution in [3.8, 4) is 5.75 Å². The van der Waals surface area contributed by atoms with E-state index in [0.29, 0.717) is 12.5 Å². The molecule has 1 heterocycles. The maximum Gasteiger partial charge on any atom is 0.211 e. The van der Waals surface area contributed by atoms with Crippen molar-refractivity contribution >= 4 is 10.0 Å². The quantitative estimate of drug-likeness (QED) is 0.818. The predicted octanol–water partition coefficient (Wildman–Crippen LogP) is 2.59. The van der Waals surface area contributed by atoms with E-state index < -0.39 is 10.0 Å². The molecule has 136 valence electrons. The molecule has 0 bridgehead atoms. The van der Waals surface area contributed by atoms with Crippen LogP contribution >= 0.6 is 0 Å². The Hall–Kier alpha value is -1.11. The lowest BCUT2D eigenvalue weighted by molar-refractivity contribution is 0.102. The van der Waals surface area contributed by atoms with E-state index >= 15 is 0 Å². The first-order valence-electron chi connectivity index (χ1n) is 8.75. The van der Waals surface area contributed by atoms with E-state index in [4.69, 9.17) is 4.74 Å². The van der Waals surface area contributed by atoms with Gasteiger partial charge in [-0.1, -0.05) is 26.0 Å². The molecule has 0 spiro atoms. The molecule has 6 heteroatoms. The first kappa shape index (κ1) is 19.2. The standard InChI is InChI=1S/C18H30N2O3S/c1-5-24(21,22)19-17-7-6-12-20(4)18(17)13-23-16-10-8-15(9-11-16)14(2)3/h8-11,14,17-19H,5-7,12-13H2,1-4H3/t17-,18-/m0/s1. The molecule has 1 aromatic rings. The molecule has 0 unspecified atom stereocenters. The van der Waals surface area contributed by atoms with Crippen molar-refractivity contribution in [2.75, 3.05) is 26.0 Å². The topological polar surface area (TPSA) is 58.6 Å². The molecular weight excluding hydrogens is 324 g/mol. The SMILES string of the molecule is CCS(=O)(=O)N[C@H]1CCCN(C)[C@H]1COc1ccc(C(C)C)cc1. The van der Waals surface area contributed by atoms with Crippen LogP contribution in [0.1, 0.15) is 45.1 Å². The second-order valence-corrected chi connectivity index (χ2v) is 8.90. The number of piperidine rings is 1. The second-order valence-electron chi connectivity index (χ2n) is 6.85. The normalized spacial score (nSPS) is 22.7. The summed E-state index contributed by atoms with van der Waals surface area (Å²) < 4.78 is 32.6. The molecule has 24 heavy (non-hydrogen) atoms. The largest absolute Gasteiger partial charge is 0.492 e. The minimum Gasteiger partial charge on any atom is -0.492 e. The number of sulfonamides is 1. The number of nitrogens with one attached hydrogen (secondary N) is 1. The van der Waals surface area contributed by atoms with E-state index in [-0.39, 0.29) is 17.8 Å². The van der Waals surface area contributed by atoms with Crippen molar-refractivity contribution < 1.29 is 13.2 Å². The van der Waals surface area contributed by atoms with Gasteiger partial charge in [-0.3, -0.25) is 4.90 Å². The molecule has 1 saturated heterocycles. The van der Waals surface area contributed by atoms with Crippen molar-refractivity contribution in [3.05, 3.63) is 29.8 Å². The number of hydrogen-bond acceptors (Lipinski definition) is 4. The summed E-state index contributed by atoms with van der Waals surface area (Å²) in [5.41, 5.74) is 1.28. The number of nitrogens with zero attached hydrogens (tertiary/aromatic N) is 1. The van der Waals surface area contributed by atoms with Crippen molar-refractivity contribution in [2.24, 2.45) is 0 Å². The number of rotatable bonds is 7. The predicted molar refractivity (Wildman–Crippen MR) is 98.1 cm³/mol. The summed E-state index contributed by atoms with van der Waals surface area (Å²) in [4.78, 5) is 2.19. The van der Waals surface area contributed by atoms with Crippen LogP contribution in [0.5, 0.6) is 5.75 Å². The summed E-state index contributed by atoms with van der Waals surface area (Å²) in [5.74, 6) is 1.43. The molecule has 5 nitrogen and oxygen atoms in total. The van der Waals surface area contributed by atoms with Gasteiger partial charge in [-0.05, 0) is 57.0 Å². The molecule has 2 atom stereocenters. The molecule has 1 aliphatic rings. The highest BCUT2D eigenvalue weighted by Crippen LogP contribution is 2.21. The van der Waals surface area contributed by atoms with E-state index in [1.807, 2.05) is 19.2 Å². The van der Waals surface area contributed by atoms with Gasteiger partial charge in [0, 0.05) is 6.04 Å². The van der Waals surface area contributed by atoms with Crippen molar-refractivity contribution in [1.29, 1.82) is 0 Å². The number of hydrogen-bond donors (Lipinski definition) is 1. The zero-order chi connectivity index (χ0) is 17.7. The molecule has 1 aromatic carbocycles. The Labute approximate surface area is 146 Å². The monoisotopic (exact) mass is 354 g/mol. The molecular formula is C18H30N2O3S. The van der Waals surface area contributed by atoms with E-state index in [1.165, 1.54) is 5.56 Å². The third kappa shape index (κ3) is 5.19. The molecule has 1 N–H and O–H groups in total. The lowest BCUT2D eigenvalue weighted by atomic mass is 9.98. The number of benzene rings is 1. The van der Waals surface area contributed by atoms with Crippen LogP contribution in [0.15, 0.2) is 24.3 Å². The minimum absolute atomic E-state index is 0.0462. The van der Waals surface area contributed by atoms with Gasteiger partial charge >= 0.3 is 0 Å². The van der Waals surface area contributed by atoms with Gasteiger partial charge in [-0.15, -0.1) is 0 Å². The number of ether oxygens (including phenoxy) is 1. The molecule has 0 amide bonds. The third-order valence-corrected chi connectivity index (χ3v) is 6.16. The molecule has 2 rings (SSSR count). The minimum atomic E-state index is -3.21. The zero-order valence-corrected chi connectivity index (χ0v) is 16.0. The van der Waals surface area contributed by atoms with E-state index in [1.54, 1.807) is 6.92 Å². The third-order valence-electron chi connectivity index (χ3n) is 4.74. The van der Waals surface area contributed by atoms with Crippen LogP contribution in [0.2, 0.25) is 0 Å². The number of likely N-dealkylation sites (tertiary alicyclic amines) is 1. The lowest BCUT2D eigenvalue weighted by Crippen LogP contribution is -2.56. The highest BCUT2D eigenvalue weighted by molar-refractivity contribution is 7.89. The fourth-order valence-corrected chi connectivity index (χ4v) is 3.95. The van der Waals surface area contributed by atoms with E-state index in [0.717, 1.165) is 25.1 Å². The first-order valence-corrected chi connectivity index (χ1v) is 10.4. The molecule has 1 fully saturated rings. The van der Waals surface area contributed by atoms with E-state index in [9.17, 15) is 8.42 Å². The molecule has 0 saturated carbocycles. The van der Waals surface area contributed by atoms with Crippen molar-refractivity contribution in [3.63, 3.8) is 0 Å². The highest BCUT2D eigenvalue weighted by Gasteiger charge is 2.32. The van der Waals surface area contributed by atoms with Crippen LogP contribution in [0.25, 0.3) is 0 Å². The maximum atomic E-state index is 11.9. The molecule has 1 aliphatic heterocycles. The van der Waals surface area contributed by atoms with Crippen molar-refractivity contribution in [1.82, 2.24) is 9.62 Å². The Morgan fingerprint density at radius 2 is 1.96 bits per heavy atom. The number of likely N-dealkylation sites (N-methyl/N-ethyl adjacent to an activating group) is 1. The molecule has 0 radical (unpaired) electrons. The lowest BCUT2D eigenvalue weighted by Gasteiger charge is -2.39. The molecule has 0 aromatic heterocycles. The van der Waals surface area contributed by atoms with Crippen LogP contribution in [0, 0.1) is 0 Å². The summed E-state index contributed by atoms with van der Waals surface area (Å²) in [5, 5.41) is 0. The van der Waals surface area contributed by atoms with Crippen molar-refractivity contribution in [2.45, 2.75) is 51.6 Å². The Bertz CT molecular complexity index is 614. The Balaban J connectivity index is 2.01. The smallest absolute Gasteiger partial charge is 0.211 e. The van der Waals surface area contributed by atoms with Crippen LogP contribution in [0.3, 0.4) is 0 Å². The van der Waals surface area contributed by atoms with Gasteiger partial charge in [-0.25, -0.2) is 13.1 Å². The maximum absolute atomic E-state index is 11.9. The van der Waals surface area contributed by atoms with Gasteiger partial charge in [0.15, 0.2) is 0 Å². The van der Waals surface area contributed by atoms with Crippen LogP contribution in [0.4, 0.5) is 0 Å². The summed E-state index contributed by atoms with van der Waals surface area (Å²) in [6.45, 7) is 7.43. The Kier molecular flexibility index (Phi) is 6.66. The average molecular weight is 355 g/mol. The summed E-state index contributed by atoms with van der Waals surface area (Å²) in [6.07, 6.45) is 1.84. The van der Waals surface area contributed by atoms with Crippen LogP contribution in [-0.2, 0) is 10.0 Å². The Morgan fingerprint density at radius 3 is 2.54 bits per heavy atom. The van der Waals surface area contributed by atoms with Gasteiger partial charge in [0.2, 0.25) is 10.0 Å². The van der Waals surface area contributed by atoms with Gasteiger partial charge in [0.05, 0.1) is 11.8 Å².